The highest BCUT2D eigenvalue weighted by Gasteiger charge is 2.17. The second kappa shape index (κ2) is 6.75. The van der Waals surface area contributed by atoms with Gasteiger partial charge in [0.05, 0.1) is 11.4 Å². The Morgan fingerprint density at radius 3 is 2.58 bits per heavy atom. The van der Waals surface area contributed by atoms with Crippen molar-refractivity contribution in [2.45, 2.75) is 26.1 Å². The van der Waals surface area contributed by atoms with Crippen LogP contribution in [-0.2, 0) is 19.6 Å². The zero-order valence-corrected chi connectivity index (χ0v) is 14.2. The first-order chi connectivity index (χ1) is 11.8. The fourth-order valence-electron chi connectivity index (χ4n) is 3.17. The van der Waals surface area contributed by atoms with E-state index < -0.39 is 0 Å². The van der Waals surface area contributed by atoms with Gasteiger partial charge in [0.1, 0.15) is 0 Å². The number of nitrogens with zero attached hydrogens (tertiary/aromatic N) is 4. The van der Waals surface area contributed by atoms with Crippen molar-refractivity contribution in [2.24, 2.45) is 0 Å². The molecule has 0 atom stereocenters. The predicted molar refractivity (Wildman–Crippen MR) is 95.6 cm³/mol. The molecule has 3 heterocycles. The monoisotopic (exact) mass is 338 g/mol. The maximum absolute atomic E-state index is 5.98. The van der Waals surface area contributed by atoms with Gasteiger partial charge >= 0.3 is 0 Å². The Morgan fingerprint density at radius 1 is 1.00 bits per heavy atom. The Balaban J connectivity index is 1.55. The van der Waals surface area contributed by atoms with Crippen LogP contribution >= 0.6 is 11.6 Å². The van der Waals surface area contributed by atoms with Crippen LogP contribution < -0.4 is 0 Å². The van der Waals surface area contributed by atoms with E-state index in [1.807, 2.05) is 36.7 Å². The molecule has 0 radical (unpaired) electrons. The molecule has 1 aromatic carbocycles. The lowest BCUT2D eigenvalue weighted by Gasteiger charge is -2.19. The Kier molecular flexibility index (Phi) is 4.32. The van der Waals surface area contributed by atoms with Crippen LogP contribution in [0.25, 0.3) is 11.3 Å². The second-order valence-electron chi connectivity index (χ2n) is 6.17. The molecule has 0 saturated heterocycles. The van der Waals surface area contributed by atoms with Crippen LogP contribution in [0.5, 0.6) is 0 Å². The van der Waals surface area contributed by atoms with E-state index >= 15 is 0 Å². The molecule has 0 fully saturated rings. The average Bonchev–Trinajstić information content (AvgIpc) is 2.90. The zero-order chi connectivity index (χ0) is 16.4. The number of benzene rings is 1. The summed E-state index contributed by atoms with van der Waals surface area (Å²) in [6.07, 6.45) is 4.83. The molecule has 0 N–H and O–H groups in total. The Labute approximate surface area is 146 Å². The molecule has 0 aliphatic carbocycles. The van der Waals surface area contributed by atoms with Gasteiger partial charge in [-0.25, -0.2) is 0 Å². The van der Waals surface area contributed by atoms with Crippen molar-refractivity contribution < 1.29 is 0 Å². The third kappa shape index (κ3) is 3.35. The lowest BCUT2D eigenvalue weighted by Crippen LogP contribution is -2.22. The van der Waals surface area contributed by atoms with Crippen molar-refractivity contribution >= 4 is 11.6 Å². The number of aromatic nitrogens is 3. The van der Waals surface area contributed by atoms with E-state index in [1.54, 1.807) is 0 Å². The van der Waals surface area contributed by atoms with Gasteiger partial charge in [-0.05, 0) is 42.3 Å². The van der Waals surface area contributed by atoms with Crippen LogP contribution in [0.3, 0.4) is 0 Å². The van der Waals surface area contributed by atoms with Crippen molar-refractivity contribution in [1.29, 1.82) is 0 Å². The fourth-order valence-corrected chi connectivity index (χ4v) is 3.30. The van der Waals surface area contributed by atoms with Crippen molar-refractivity contribution in [3.8, 4) is 11.3 Å². The van der Waals surface area contributed by atoms with Crippen molar-refractivity contribution in [1.82, 2.24) is 19.7 Å². The van der Waals surface area contributed by atoms with Gasteiger partial charge in [0.15, 0.2) is 0 Å². The van der Waals surface area contributed by atoms with E-state index in [9.17, 15) is 0 Å². The number of rotatable bonds is 3. The summed E-state index contributed by atoms with van der Waals surface area (Å²) in [5.74, 6) is 0. The topological polar surface area (TPSA) is 34.0 Å². The van der Waals surface area contributed by atoms with E-state index in [1.165, 1.54) is 11.3 Å². The van der Waals surface area contributed by atoms with Crippen LogP contribution in [-0.4, -0.2) is 26.2 Å². The van der Waals surface area contributed by atoms with Gasteiger partial charge in [0.25, 0.3) is 0 Å². The highest BCUT2D eigenvalue weighted by molar-refractivity contribution is 6.30. The van der Waals surface area contributed by atoms with E-state index in [4.69, 9.17) is 16.7 Å². The van der Waals surface area contributed by atoms with Gasteiger partial charge in [-0.2, -0.15) is 5.10 Å². The molecule has 0 bridgehead atoms. The Hall–Kier alpha value is -2.17. The van der Waals surface area contributed by atoms with Crippen molar-refractivity contribution in [2.75, 3.05) is 6.54 Å². The molecule has 24 heavy (non-hydrogen) atoms. The number of pyridine rings is 1. The summed E-state index contributed by atoms with van der Waals surface area (Å²) < 4.78 is 2.15. The van der Waals surface area contributed by atoms with E-state index in [-0.39, 0.29) is 0 Å². The zero-order valence-electron chi connectivity index (χ0n) is 13.4. The minimum atomic E-state index is 0.753. The van der Waals surface area contributed by atoms with Crippen LogP contribution in [0.4, 0.5) is 0 Å². The maximum Gasteiger partial charge on any atom is 0.0926 e. The second-order valence-corrected chi connectivity index (χ2v) is 6.61. The molecule has 0 spiro atoms. The molecule has 3 aromatic rings. The summed E-state index contributed by atoms with van der Waals surface area (Å²) >= 11 is 5.98. The lowest BCUT2D eigenvalue weighted by atomic mass is 10.1. The summed E-state index contributed by atoms with van der Waals surface area (Å²) in [5, 5.41) is 5.54. The number of fused-ring (bicyclic) bond motifs is 1. The highest BCUT2D eigenvalue weighted by Crippen LogP contribution is 2.24. The fraction of sp³-hybridized carbons (Fsp3) is 0.263. The summed E-state index contributed by atoms with van der Waals surface area (Å²) in [7, 11) is 0. The number of hydrogen-bond donors (Lipinski definition) is 0. The molecule has 4 nitrogen and oxygen atoms in total. The summed E-state index contributed by atoms with van der Waals surface area (Å²) in [4.78, 5) is 6.57. The standard InChI is InChI=1S/C19H19ClN4/c20-17-4-2-16(3-5-17)19-12-18-14-23(10-1-11-24(18)22-19)13-15-6-8-21-9-7-15/h2-9,12H,1,10-11,13-14H2. The van der Waals surface area contributed by atoms with Gasteiger partial charge in [0.2, 0.25) is 0 Å². The molecule has 0 saturated carbocycles. The van der Waals surface area contributed by atoms with Gasteiger partial charge in [-0.15, -0.1) is 0 Å². The Morgan fingerprint density at radius 2 is 1.79 bits per heavy atom. The first-order valence-corrected chi connectivity index (χ1v) is 8.60. The van der Waals surface area contributed by atoms with Crippen LogP contribution in [0, 0.1) is 0 Å². The predicted octanol–water partition coefficient (Wildman–Crippen LogP) is 4.00. The van der Waals surface area contributed by atoms with Gasteiger partial charge < -0.3 is 0 Å². The normalized spacial score (nSPS) is 15.0. The Bertz CT molecular complexity index is 811. The first kappa shape index (κ1) is 15.4. The third-order valence-corrected chi connectivity index (χ3v) is 4.64. The molecule has 2 aromatic heterocycles. The largest absolute Gasteiger partial charge is 0.293 e. The quantitative estimate of drug-likeness (QED) is 0.723. The van der Waals surface area contributed by atoms with Gasteiger partial charge in [-0.3, -0.25) is 14.6 Å². The molecule has 0 unspecified atom stereocenters. The minimum Gasteiger partial charge on any atom is -0.293 e. The van der Waals surface area contributed by atoms with Crippen LogP contribution in [0.1, 0.15) is 17.7 Å². The van der Waals surface area contributed by atoms with Crippen molar-refractivity contribution in [3.63, 3.8) is 0 Å². The van der Waals surface area contributed by atoms with Crippen molar-refractivity contribution in [3.05, 3.63) is 71.1 Å². The molecule has 0 amide bonds. The minimum absolute atomic E-state index is 0.753. The molecule has 1 aliphatic rings. The first-order valence-electron chi connectivity index (χ1n) is 8.22. The molecule has 4 rings (SSSR count). The summed E-state index contributed by atoms with van der Waals surface area (Å²) in [5.41, 5.74) is 4.70. The van der Waals surface area contributed by atoms with Crippen LogP contribution in [0.2, 0.25) is 5.02 Å². The smallest absolute Gasteiger partial charge is 0.0926 e. The third-order valence-electron chi connectivity index (χ3n) is 4.39. The summed E-state index contributed by atoms with van der Waals surface area (Å²) in [6.45, 7) is 3.92. The van der Waals surface area contributed by atoms with E-state index in [0.717, 1.165) is 48.9 Å². The lowest BCUT2D eigenvalue weighted by molar-refractivity contribution is 0.261. The molecule has 5 heteroatoms. The number of hydrogen-bond acceptors (Lipinski definition) is 3. The summed E-state index contributed by atoms with van der Waals surface area (Å²) in [6, 6.07) is 14.3. The molecular weight excluding hydrogens is 320 g/mol. The van der Waals surface area contributed by atoms with Gasteiger partial charge in [-0.1, -0.05) is 23.7 Å². The van der Waals surface area contributed by atoms with E-state index in [2.05, 4.69) is 32.8 Å². The maximum atomic E-state index is 5.98. The molecular formula is C19H19ClN4. The van der Waals surface area contributed by atoms with E-state index in [0.29, 0.717) is 0 Å². The van der Waals surface area contributed by atoms with Gasteiger partial charge in [0, 0.05) is 49.2 Å². The van der Waals surface area contributed by atoms with Crippen LogP contribution in [0.15, 0.2) is 54.9 Å². The SMILES string of the molecule is Clc1ccc(-c2cc3n(n2)CCCN(Cc2ccncc2)C3)cc1. The highest BCUT2D eigenvalue weighted by atomic mass is 35.5. The average molecular weight is 339 g/mol. The number of halogens is 1. The molecule has 122 valence electrons. The number of aryl methyl sites for hydroxylation is 1. The molecule has 1 aliphatic heterocycles.